The molecule has 1 heterocycles. The van der Waals surface area contributed by atoms with Crippen molar-refractivity contribution in [2.45, 2.75) is 12.8 Å². The molecular formula is C13H12F3N2O+. The number of alkyl halides is 3. The summed E-state index contributed by atoms with van der Waals surface area (Å²) in [5.41, 5.74) is -0.228. The first-order valence-electron chi connectivity index (χ1n) is 5.52. The lowest BCUT2D eigenvalue weighted by molar-refractivity contribution is -0.660. The van der Waals surface area contributed by atoms with E-state index in [2.05, 4.69) is 0 Å². The van der Waals surface area contributed by atoms with E-state index in [1.165, 1.54) is 12.1 Å². The quantitative estimate of drug-likeness (QED) is 0.686. The lowest BCUT2D eigenvalue weighted by Crippen LogP contribution is -2.50. The molecule has 0 bridgehead atoms. The molecule has 0 saturated carbocycles. The standard InChI is InChI=1S/C13H12F3N2O/c14-13(15,16)12-11(7-4-8-18(12)17)19-9-10-5-2-1-3-6-10/h1-8H,9,17H2/q+1. The van der Waals surface area contributed by atoms with Gasteiger partial charge in [0.25, 0.3) is 0 Å². The molecule has 1 aromatic carbocycles. The molecule has 1 aromatic heterocycles. The summed E-state index contributed by atoms with van der Waals surface area (Å²) in [4.78, 5) is 0. The fraction of sp³-hybridized carbons (Fsp3) is 0.154. The minimum Gasteiger partial charge on any atom is -0.482 e. The molecule has 2 rings (SSSR count). The van der Waals surface area contributed by atoms with Crippen LogP contribution in [0.1, 0.15) is 11.3 Å². The van der Waals surface area contributed by atoms with Crippen molar-refractivity contribution in [3.63, 3.8) is 0 Å². The Morgan fingerprint density at radius 3 is 2.37 bits per heavy atom. The molecular weight excluding hydrogens is 257 g/mol. The number of nitrogen functional groups attached to an aromatic ring is 1. The number of aromatic nitrogens is 1. The van der Waals surface area contributed by atoms with Gasteiger partial charge >= 0.3 is 11.9 Å². The molecule has 0 aliphatic heterocycles. The van der Waals surface area contributed by atoms with Crippen LogP contribution in [0.25, 0.3) is 0 Å². The predicted octanol–water partition coefficient (Wildman–Crippen LogP) is 2.29. The normalized spacial score (nSPS) is 11.3. The van der Waals surface area contributed by atoms with Crippen molar-refractivity contribution in [1.82, 2.24) is 0 Å². The molecule has 3 nitrogen and oxygen atoms in total. The molecule has 0 aliphatic rings. The highest BCUT2D eigenvalue weighted by Gasteiger charge is 2.45. The summed E-state index contributed by atoms with van der Waals surface area (Å²) in [6, 6.07) is 11.6. The number of rotatable bonds is 3. The van der Waals surface area contributed by atoms with Gasteiger partial charge in [-0.2, -0.15) is 13.2 Å². The number of hydrogen-bond donors (Lipinski definition) is 1. The molecule has 2 N–H and O–H groups in total. The van der Waals surface area contributed by atoms with Crippen molar-refractivity contribution in [2.24, 2.45) is 0 Å². The van der Waals surface area contributed by atoms with Crippen LogP contribution in [0.15, 0.2) is 48.7 Å². The average Bonchev–Trinajstić information content (AvgIpc) is 2.36. The highest BCUT2D eigenvalue weighted by atomic mass is 19.4. The van der Waals surface area contributed by atoms with Crippen LogP contribution in [0.2, 0.25) is 0 Å². The van der Waals surface area contributed by atoms with Gasteiger partial charge in [-0.05, 0) is 11.6 Å². The van der Waals surface area contributed by atoms with Crippen molar-refractivity contribution < 1.29 is 22.6 Å². The van der Waals surface area contributed by atoms with Gasteiger partial charge in [0.2, 0.25) is 0 Å². The summed E-state index contributed by atoms with van der Waals surface area (Å²) in [6.45, 7) is 0.0495. The SMILES string of the molecule is N[n+]1cccc(OCc2ccccc2)c1C(F)(F)F. The highest BCUT2D eigenvalue weighted by molar-refractivity contribution is 5.26. The highest BCUT2D eigenvalue weighted by Crippen LogP contribution is 2.33. The molecule has 0 fully saturated rings. The van der Waals surface area contributed by atoms with E-state index in [4.69, 9.17) is 10.6 Å². The molecule has 0 atom stereocenters. The van der Waals surface area contributed by atoms with Crippen molar-refractivity contribution >= 4 is 0 Å². The number of nitrogens with zero attached hydrogens (tertiary/aromatic N) is 1. The summed E-state index contributed by atoms with van der Waals surface area (Å²) in [5, 5.41) is 0. The molecule has 0 spiro atoms. The number of nitrogens with two attached hydrogens (primary N) is 1. The number of pyridine rings is 1. The van der Waals surface area contributed by atoms with Crippen LogP contribution >= 0.6 is 0 Å². The summed E-state index contributed by atoms with van der Waals surface area (Å²) < 4.78 is 44.3. The Hall–Kier alpha value is -2.24. The zero-order valence-corrected chi connectivity index (χ0v) is 9.89. The van der Waals surface area contributed by atoms with E-state index in [0.29, 0.717) is 4.68 Å². The molecule has 0 amide bonds. The summed E-state index contributed by atoms with van der Waals surface area (Å²) in [5.74, 6) is 5.00. The second-order valence-electron chi connectivity index (χ2n) is 3.90. The van der Waals surface area contributed by atoms with E-state index in [1.54, 1.807) is 24.3 Å². The van der Waals surface area contributed by atoms with Gasteiger partial charge in [0.1, 0.15) is 6.61 Å². The molecule has 0 aliphatic carbocycles. The van der Waals surface area contributed by atoms with Crippen LogP contribution in [0, 0.1) is 0 Å². The molecule has 100 valence electrons. The van der Waals surface area contributed by atoms with Crippen LogP contribution in [-0.4, -0.2) is 0 Å². The van der Waals surface area contributed by atoms with Gasteiger partial charge in [0, 0.05) is 6.07 Å². The fourth-order valence-electron chi connectivity index (χ4n) is 1.64. The lowest BCUT2D eigenvalue weighted by atomic mass is 10.2. The molecule has 0 saturated heterocycles. The Morgan fingerprint density at radius 1 is 1.05 bits per heavy atom. The monoisotopic (exact) mass is 269 g/mol. The van der Waals surface area contributed by atoms with Gasteiger partial charge in [0.15, 0.2) is 11.9 Å². The summed E-state index contributed by atoms with van der Waals surface area (Å²) in [6.07, 6.45) is -3.44. The van der Waals surface area contributed by atoms with E-state index < -0.39 is 11.9 Å². The third-order valence-electron chi connectivity index (χ3n) is 2.49. The van der Waals surface area contributed by atoms with Crippen LogP contribution in [0.3, 0.4) is 0 Å². The van der Waals surface area contributed by atoms with Gasteiger partial charge in [-0.15, -0.1) is 0 Å². The number of halogens is 3. The second-order valence-corrected chi connectivity index (χ2v) is 3.90. The van der Waals surface area contributed by atoms with Crippen molar-refractivity contribution in [3.8, 4) is 5.75 Å². The Balaban J connectivity index is 2.24. The topological polar surface area (TPSA) is 39.1 Å². The molecule has 0 unspecified atom stereocenters. The largest absolute Gasteiger partial charge is 0.484 e. The fourth-order valence-corrected chi connectivity index (χ4v) is 1.64. The Morgan fingerprint density at radius 2 is 1.74 bits per heavy atom. The van der Waals surface area contributed by atoms with Crippen molar-refractivity contribution in [2.75, 3.05) is 5.84 Å². The molecule has 2 aromatic rings. The van der Waals surface area contributed by atoms with E-state index >= 15 is 0 Å². The van der Waals surface area contributed by atoms with Crippen LogP contribution in [0.4, 0.5) is 13.2 Å². The Bertz CT molecular complexity index is 556. The Kier molecular flexibility index (Phi) is 3.59. The third-order valence-corrected chi connectivity index (χ3v) is 2.49. The molecule has 0 radical (unpaired) electrons. The van der Waals surface area contributed by atoms with Crippen LogP contribution in [-0.2, 0) is 12.8 Å². The van der Waals surface area contributed by atoms with Gasteiger partial charge < -0.3 is 4.74 Å². The van der Waals surface area contributed by atoms with E-state index in [1.807, 2.05) is 6.07 Å². The lowest BCUT2D eigenvalue weighted by Gasteiger charge is -2.10. The number of ether oxygens (including phenoxy) is 1. The first-order valence-corrected chi connectivity index (χ1v) is 5.52. The maximum Gasteiger partial charge on any atom is 0.484 e. The van der Waals surface area contributed by atoms with E-state index in [-0.39, 0.29) is 12.4 Å². The van der Waals surface area contributed by atoms with Crippen LogP contribution in [0.5, 0.6) is 5.75 Å². The zero-order valence-electron chi connectivity index (χ0n) is 9.89. The number of hydrogen-bond acceptors (Lipinski definition) is 2. The summed E-state index contributed by atoms with van der Waals surface area (Å²) in [7, 11) is 0. The summed E-state index contributed by atoms with van der Waals surface area (Å²) >= 11 is 0. The van der Waals surface area contributed by atoms with Gasteiger partial charge in [-0.3, -0.25) is 0 Å². The van der Waals surface area contributed by atoms with E-state index in [9.17, 15) is 13.2 Å². The number of benzene rings is 1. The minimum absolute atomic E-state index is 0.0495. The van der Waals surface area contributed by atoms with Crippen molar-refractivity contribution in [3.05, 3.63) is 59.9 Å². The maximum absolute atomic E-state index is 12.9. The molecule has 19 heavy (non-hydrogen) atoms. The smallest absolute Gasteiger partial charge is 0.482 e. The first kappa shape index (κ1) is 13.2. The third kappa shape index (κ3) is 3.15. The zero-order chi connectivity index (χ0) is 13.9. The average molecular weight is 269 g/mol. The predicted molar refractivity (Wildman–Crippen MR) is 62.6 cm³/mol. The van der Waals surface area contributed by atoms with E-state index in [0.717, 1.165) is 11.8 Å². The van der Waals surface area contributed by atoms with Crippen LogP contribution < -0.4 is 15.3 Å². The first-order chi connectivity index (χ1) is 8.98. The van der Waals surface area contributed by atoms with Gasteiger partial charge in [-0.1, -0.05) is 35.0 Å². The second kappa shape index (κ2) is 5.17. The van der Waals surface area contributed by atoms with Crippen molar-refractivity contribution in [1.29, 1.82) is 0 Å². The van der Waals surface area contributed by atoms with Gasteiger partial charge in [0.05, 0.1) is 0 Å². The maximum atomic E-state index is 12.9. The minimum atomic E-state index is -4.57. The van der Waals surface area contributed by atoms with Gasteiger partial charge in [-0.25, -0.2) is 5.84 Å². The molecule has 6 heteroatoms. The Labute approximate surface area is 108 Å².